The Bertz CT molecular complexity index is 338. The van der Waals surface area contributed by atoms with Crippen LogP contribution >= 0.6 is 0 Å². The summed E-state index contributed by atoms with van der Waals surface area (Å²) >= 11 is 0. The average Bonchev–Trinajstić information content (AvgIpc) is 2.75. The first-order valence-corrected chi connectivity index (χ1v) is 5.97. The predicted molar refractivity (Wildman–Crippen MR) is 60.8 cm³/mol. The Morgan fingerprint density at radius 1 is 1.50 bits per heavy atom. The zero-order valence-electron chi connectivity index (χ0n) is 10.0. The predicted octanol–water partition coefficient (Wildman–Crippen LogP) is 0.501. The first kappa shape index (κ1) is 11.5. The van der Waals surface area contributed by atoms with Crippen LogP contribution in [0.2, 0.25) is 0 Å². The van der Waals surface area contributed by atoms with Crippen LogP contribution in [-0.2, 0) is 13.1 Å². The number of aromatic nitrogens is 3. The highest BCUT2D eigenvalue weighted by molar-refractivity contribution is 4.90. The maximum atomic E-state index is 9.98. The summed E-state index contributed by atoms with van der Waals surface area (Å²) < 4.78 is 2.08. The fourth-order valence-corrected chi connectivity index (χ4v) is 1.99. The molecule has 0 saturated heterocycles. The third kappa shape index (κ3) is 2.41. The first-order chi connectivity index (χ1) is 7.70. The topological polar surface area (TPSA) is 54.2 Å². The standard InChI is InChI=1S/C11H20N4O/c1-3-9(2)10(16)6-14-4-5-15-8-12-13-11(15)7-14/h8-10,16H,3-7H2,1-2H3. The molecule has 1 aliphatic heterocycles. The van der Waals surface area contributed by atoms with Gasteiger partial charge in [0.15, 0.2) is 0 Å². The van der Waals surface area contributed by atoms with Crippen LogP contribution < -0.4 is 0 Å². The number of aliphatic hydroxyl groups excluding tert-OH is 1. The molecule has 2 rings (SSSR count). The highest BCUT2D eigenvalue weighted by atomic mass is 16.3. The highest BCUT2D eigenvalue weighted by Gasteiger charge is 2.21. The van der Waals surface area contributed by atoms with Crippen LogP contribution in [0, 0.1) is 5.92 Å². The van der Waals surface area contributed by atoms with Crippen LogP contribution in [-0.4, -0.2) is 44.0 Å². The van der Waals surface area contributed by atoms with Crippen molar-refractivity contribution in [2.45, 2.75) is 39.5 Å². The maximum Gasteiger partial charge on any atom is 0.147 e. The van der Waals surface area contributed by atoms with Gasteiger partial charge >= 0.3 is 0 Å². The molecule has 1 aromatic rings. The molecule has 0 aliphatic carbocycles. The Morgan fingerprint density at radius 2 is 2.31 bits per heavy atom. The summed E-state index contributed by atoms with van der Waals surface area (Å²) in [6.45, 7) is 7.64. The summed E-state index contributed by atoms with van der Waals surface area (Å²) in [5.74, 6) is 1.36. The molecule has 0 fully saturated rings. The molecule has 5 heteroatoms. The molecule has 2 heterocycles. The maximum absolute atomic E-state index is 9.98. The lowest BCUT2D eigenvalue weighted by Crippen LogP contribution is -2.40. The van der Waals surface area contributed by atoms with E-state index in [1.54, 1.807) is 6.33 Å². The lowest BCUT2D eigenvalue weighted by Gasteiger charge is -2.30. The quantitative estimate of drug-likeness (QED) is 0.809. The van der Waals surface area contributed by atoms with E-state index in [9.17, 15) is 5.11 Å². The second-order valence-corrected chi connectivity index (χ2v) is 4.63. The van der Waals surface area contributed by atoms with Crippen molar-refractivity contribution in [1.29, 1.82) is 0 Å². The van der Waals surface area contributed by atoms with E-state index in [4.69, 9.17) is 0 Å². The van der Waals surface area contributed by atoms with Gasteiger partial charge in [-0.1, -0.05) is 20.3 Å². The minimum atomic E-state index is -0.237. The van der Waals surface area contributed by atoms with Crippen LogP contribution in [0.3, 0.4) is 0 Å². The fourth-order valence-electron chi connectivity index (χ4n) is 1.99. The van der Waals surface area contributed by atoms with E-state index in [2.05, 4.69) is 33.5 Å². The minimum Gasteiger partial charge on any atom is -0.392 e. The Kier molecular flexibility index (Phi) is 3.56. The largest absolute Gasteiger partial charge is 0.392 e. The molecule has 5 nitrogen and oxygen atoms in total. The molecule has 90 valence electrons. The van der Waals surface area contributed by atoms with Crippen LogP contribution in [0.5, 0.6) is 0 Å². The summed E-state index contributed by atoms with van der Waals surface area (Å²) in [5, 5.41) is 17.9. The van der Waals surface area contributed by atoms with Crippen molar-refractivity contribution >= 4 is 0 Å². The average molecular weight is 224 g/mol. The van der Waals surface area contributed by atoms with E-state index in [1.165, 1.54) is 0 Å². The summed E-state index contributed by atoms with van der Waals surface area (Å²) in [5.41, 5.74) is 0. The van der Waals surface area contributed by atoms with E-state index in [1.807, 2.05) is 0 Å². The second kappa shape index (κ2) is 4.93. The Morgan fingerprint density at radius 3 is 3.06 bits per heavy atom. The molecule has 0 bridgehead atoms. The Hall–Kier alpha value is -0.940. The van der Waals surface area contributed by atoms with Crippen molar-refractivity contribution in [2.24, 2.45) is 5.92 Å². The Labute approximate surface area is 96.1 Å². The van der Waals surface area contributed by atoms with E-state index < -0.39 is 0 Å². The fraction of sp³-hybridized carbons (Fsp3) is 0.818. The highest BCUT2D eigenvalue weighted by Crippen LogP contribution is 2.13. The normalized spacial score (nSPS) is 20.4. The molecule has 1 aliphatic rings. The van der Waals surface area contributed by atoms with Gasteiger partial charge < -0.3 is 9.67 Å². The number of nitrogens with zero attached hydrogens (tertiary/aromatic N) is 4. The number of β-amino-alcohol motifs (C(OH)–C–C–N with tert-alkyl or cyclic N) is 1. The lowest BCUT2D eigenvalue weighted by molar-refractivity contribution is 0.0575. The molecule has 0 spiro atoms. The van der Waals surface area contributed by atoms with E-state index in [0.29, 0.717) is 5.92 Å². The SMILES string of the molecule is CCC(C)C(O)CN1CCn2cnnc2C1. The van der Waals surface area contributed by atoms with Gasteiger partial charge in [-0.05, 0) is 5.92 Å². The molecule has 2 unspecified atom stereocenters. The van der Waals surface area contributed by atoms with Gasteiger partial charge in [0.1, 0.15) is 12.2 Å². The molecule has 16 heavy (non-hydrogen) atoms. The van der Waals surface area contributed by atoms with Gasteiger partial charge in [-0.3, -0.25) is 4.90 Å². The minimum absolute atomic E-state index is 0.237. The number of fused-ring (bicyclic) bond motifs is 1. The zero-order valence-corrected chi connectivity index (χ0v) is 10.0. The van der Waals surface area contributed by atoms with Crippen molar-refractivity contribution in [2.75, 3.05) is 13.1 Å². The molecule has 1 N–H and O–H groups in total. The molecule has 0 saturated carbocycles. The molecule has 2 atom stereocenters. The van der Waals surface area contributed by atoms with Crippen molar-refractivity contribution in [3.05, 3.63) is 12.2 Å². The van der Waals surface area contributed by atoms with Crippen molar-refractivity contribution in [1.82, 2.24) is 19.7 Å². The second-order valence-electron chi connectivity index (χ2n) is 4.63. The molecule has 0 aromatic carbocycles. The van der Waals surface area contributed by atoms with Gasteiger partial charge in [-0.2, -0.15) is 0 Å². The molecular formula is C11H20N4O. The number of rotatable bonds is 4. The van der Waals surface area contributed by atoms with Crippen LogP contribution in [0.15, 0.2) is 6.33 Å². The zero-order chi connectivity index (χ0) is 11.5. The molecule has 0 amide bonds. The first-order valence-electron chi connectivity index (χ1n) is 5.97. The van der Waals surface area contributed by atoms with Crippen LogP contribution in [0.4, 0.5) is 0 Å². The number of hydrogen-bond donors (Lipinski definition) is 1. The van der Waals surface area contributed by atoms with Gasteiger partial charge in [0.25, 0.3) is 0 Å². The summed E-state index contributed by atoms with van der Waals surface area (Å²) in [6, 6.07) is 0. The van der Waals surface area contributed by atoms with E-state index >= 15 is 0 Å². The van der Waals surface area contributed by atoms with Crippen molar-refractivity contribution in [3.8, 4) is 0 Å². The lowest BCUT2D eigenvalue weighted by atomic mass is 10.0. The van der Waals surface area contributed by atoms with Crippen LogP contribution in [0.25, 0.3) is 0 Å². The van der Waals surface area contributed by atoms with Crippen molar-refractivity contribution in [3.63, 3.8) is 0 Å². The van der Waals surface area contributed by atoms with E-state index in [-0.39, 0.29) is 6.10 Å². The van der Waals surface area contributed by atoms with E-state index in [0.717, 1.165) is 38.4 Å². The van der Waals surface area contributed by atoms with Crippen LogP contribution in [0.1, 0.15) is 26.1 Å². The third-order valence-corrected chi connectivity index (χ3v) is 3.46. The van der Waals surface area contributed by atoms with Gasteiger partial charge in [-0.25, -0.2) is 0 Å². The summed E-state index contributed by atoms with van der Waals surface area (Å²) in [7, 11) is 0. The number of aliphatic hydroxyl groups is 1. The molecular weight excluding hydrogens is 204 g/mol. The molecule has 1 aromatic heterocycles. The Balaban J connectivity index is 1.89. The third-order valence-electron chi connectivity index (χ3n) is 3.46. The van der Waals surface area contributed by atoms with Gasteiger partial charge in [0.2, 0.25) is 0 Å². The summed E-state index contributed by atoms with van der Waals surface area (Å²) in [4.78, 5) is 2.25. The molecule has 0 radical (unpaired) electrons. The van der Waals surface area contributed by atoms with Crippen molar-refractivity contribution < 1.29 is 5.11 Å². The van der Waals surface area contributed by atoms with Gasteiger partial charge in [0, 0.05) is 19.6 Å². The smallest absolute Gasteiger partial charge is 0.147 e. The summed E-state index contributed by atoms with van der Waals surface area (Å²) in [6.07, 6.45) is 2.56. The number of hydrogen-bond acceptors (Lipinski definition) is 4. The van der Waals surface area contributed by atoms with Gasteiger partial charge in [0.05, 0.1) is 12.6 Å². The van der Waals surface area contributed by atoms with Gasteiger partial charge in [-0.15, -0.1) is 10.2 Å². The monoisotopic (exact) mass is 224 g/mol.